The number of nitrogens with one attached hydrogen (secondary N) is 2. The molecule has 0 unspecified atom stereocenters. The molecule has 3 rings (SSSR count). The lowest BCUT2D eigenvalue weighted by atomic mass is 10.1. The number of hydrogen-bond acceptors (Lipinski definition) is 5. The fraction of sp³-hybridized carbons (Fsp3) is 0.200. The van der Waals surface area contributed by atoms with E-state index in [4.69, 9.17) is 4.74 Å². The molecule has 0 aliphatic rings. The van der Waals surface area contributed by atoms with Gasteiger partial charge in [-0.05, 0) is 42.8 Å². The Morgan fingerprint density at radius 2 is 1.89 bits per heavy atom. The minimum atomic E-state index is -3.73. The lowest BCUT2D eigenvalue weighted by Gasteiger charge is -2.11. The second-order valence-corrected chi connectivity index (χ2v) is 7.98. The van der Waals surface area contributed by atoms with Crippen molar-refractivity contribution in [2.75, 3.05) is 25.6 Å². The minimum absolute atomic E-state index is 0.0193. The molecule has 0 atom stereocenters. The molecule has 0 saturated carbocycles. The summed E-state index contributed by atoms with van der Waals surface area (Å²) in [6.45, 7) is 2.15. The number of rotatable bonds is 7. The average Bonchev–Trinajstić information content (AvgIpc) is 2.68. The van der Waals surface area contributed by atoms with Gasteiger partial charge in [0.05, 0.1) is 17.0 Å². The van der Waals surface area contributed by atoms with Crippen LogP contribution in [0.5, 0.6) is 0 Å². The van der Waals surface area contributed by atoms with E-state index in [2.05, 4.69) is 15.0 Å². The Bertz CT molecular complexity index is 1110. The SMILES string of the molecule is COCCNS(=O)(=O)c1ccc(C)c(C(=O)Nc2ccc3ccccc3n2)c1. The Balaban J connectivity index is 1.84. The number of para-hydroxylation sites is 1. The van der Waals surface area contributed by atoms with E-state index in [1.165, 1.54) is 19.2 Å². The van der Waals surface area contributed by atoms with Crippen LogP contribution in [0.4, 0.5) is 5.82 Å². The molecule has 8 heteroatoms. The Labute approximate surface area is 163 Å². The van der Waals surface area contributed by atoms with Crippen molar-refractivity contribution in [3.63, 3.8) is 0 Å². The first-order valence-electron chi connectivity index (χ1n) is 8.67. The van der Waals surface area contributed by atoms with Gasteiger partial charge in [-0.25, -0.2) is 18.1 Å². The van der Waals surface area contributed by atoms with Gasteiger partial charge in [-0.15, -0.1) is 0 Å². The highest BCUT2D eigenvalue weighted by Crippen LogP contribution is 2.19. The summed E-state index contributed by atoms with van der Waals surface area (Å²) in [6.07, 6.45) is 0. The van der Waals surface area contributed by atoms with Crippen LogP contribution < -0.4 is 10.0 Å². The van der Waals surface area contributed by atoms with E-state index >= 15 is 0 Å². The Kier molecular flexibility index (Phi) is 6.03. The third-order valence-electron chi connectivity index (χ3n) is 4.20. The maximum atomic E-state index is 12.7. The maximum absolute atomic E-state index is 12.7. The van der Waals surface area contributed by atoms with Crippen LogP contribution in [0.2, 0.25) is 0 Å². The van der Waals surface area contributed by atoms with Gasteiger partial charge in [-0.2, -0.15) is 0 Å². The Morgan fingerprint density at radius 1 is 1.11 bits per heavy atom. The predicted octanol–water partition coefficient (Wildman–Crippen LogP) is 2.72. The van der Waals surface area contributed by atoms with Crippen molar-refractivity contribution in [2.24, 2.45) is 0 Å². The molecule has 0 radical (unpaired) electrons. The number of methoxy groups -OCH3 is 1. The van der Waals surface area contributed by atoms with E-state index in [1.807, 2.05) is 30.3 Å². The molecular weight excluding hydrogens is 378 g/mol. The molecular formula is C20H21N3O4S. The first-order chi connectivity index (χ1) is 13.4. The average molecular weight is 399 g/mol. The van der Waals surface area contributed by atoms with Gasteiger partial charge >= 0.3 is 0 Å². The highest BCUT2D eigenvalue weighted by Gasteiger charge is 2.18. The largest absolute Gasteiger partial charge is 0.383 e. The summed E-state index contributed by atoms with van der Waals surface area (Å²) < 4.78 is 32.1. The number of ether oxygens (including phenoxy) is 1. The molecule has 28 heavy (non-hydrogen) atoms. The molecule has 3 aromatic rings. The summed E-state index contributed by atoms with van der Waals surface area (Å²) in [5, 5.41) is 3.70. The van der Waals surface area contributed by atoms with E-state index in [0.29, 0.717) is 11.4 Å². The van der Waals surface area contributed by atoms with Crippen molar-refractivity contribution in [1.29, 1.82) is 0 Å². The molecule has 2 aromatic carbocycles. The summed E-state index contributed by atoms with van der Waals surface area (Å²) in [6, 6.07) is 15.6. The number of amides is 1. The summed E-state index contributed by atoms with van der Waals surface area (Å²) in [7, 11) is -2.24. The van der Waals surface area contributed by atoms with Gasteiger partial charge in [0, 0.05) is 24.6 Å². The van der Waals surface area contributed by atoms with Crippen LogP contribution in [0.1, 0.15) is 15.9 Å². The third-order valence-corrected chi connectivity index (χ3v) is 5.66. The molecule has 0 spiro atoms. The van der Waals surface area contributed by atoms with Gasteiger partial charge in [0.25, 0.3) is 5.91 Å². The van der Waals surface area contributed by atoms with Gasteiger partial charge in [-0.3, -0.25) is 4.79 Å². The van der Waals surface area contributed by atoms with Crippen molar-refractivity contribution in [1.82, 2.24) is 9.71 Å². The standard InChI is InChI=1S/C20H21N3O4S/c1-14-7-9-16(28(25,26)21-11-12-27-2)13-17(14)20(24)23-19-10-8-15-5-3-4-6-18(15)22-19/h3-10,13,21H,11-12H2,1-2H3,(H,22,23,24). The van der Waals surface area contributed by atoms with Gasteiger partial charge in [0.15, 0.2) is 0 Å². The van der Waals surface area contributed by atoms with Gasteiger partial charge in [0.2, 0.25) is 10.0 Å². The Hall–Kier alpha value is -2.81. The molecule has 1 heterocycles. The molecule has 0 fully saturated rings. The number of carbonyl (C=O) groups excluding carboxylic acids is 1. The molecule has 0 aliphatic carbocycles. The highest BCUT2D eigenvalue weighted by atomic mass is 32.2. The topological polar surface area (TPSA) is 97.4 Å². The van der Waals surface area contributed by atoms with E-state index in [1.54, 1.807) is 19.1 Å². The smallest absolute Gasteiger partial charge is 0.257 e. The molecule has 0 bridgehead atoms. The van der Waals surface area contributed by atoms with Crippen LogP contribution in [-0.2, 0) is 14.8 Å². The number of fused-ring (bicyclic) bond motifs is 1. The quantitative estimate of drug-likeness (QED) is 0.596. The van der Waals surface area contributed by atoms with E-state index in [9.17, 15) is 13.2 Å². The number of anilines is 1. The maximum Gasteiger partial charge on any atom is 0.257 e. The van der Waals surface area contributed by atoms with Crippen LogP contribution in [0.25, 0.3) is 10.9 Å². The highest BCUT2D eigenvalue weighted by molar-refractivity contribution is 7.89. The van der Waals surface area contributed by atoms with Crippen molar-refractivity contribution < 1.29 is 17.9 Å². The van der Waals surface area contributed by atoms with E-state index < -0.39 is 15.9 Å². The van der Waals surface area contributed by atoms with E-state index in [-0.39, 0.29) is 23.6 Å². The minimum Gasteiger partial charge on any atom is -0.383 e. The number of hydrogen-bond donors (Lipinski definition) is 2. The molecule has 146 valence electrons. The number of sulfonamides is 1. The monoisotopic (exact) mass is 399 g/mol. The number of aryl methyl sites for hydroxylation is 1. The first kappa shape index (κ1) is 19.9. The molecule has 7 nitrogen and oxygen atoms in total. The molecule has 1 amide bonds. The fourth-order valence-electron chi connectivity index (χ4n) is 2.69. The van der Waals surface area contributed by atoms with Gasteiger partial charge in [-0.1, -0.05) is 24.3 Å². The zero-order valence-electron chi connectivity index (χ0n) is 15.6. The first-order valence-corrected chi connectivity index (χ1v) is 10.2. The van der Waals surface area contributed by atoms with Gasteiger partial charge in [0.1, 0.15) is 5.82 Å². The number of carbonyl (C=O) groups is 1. The molecule has 1 aromatic heterocycles. The van der Waals surface area contributed by atoms with Crippen LogP contribution in [0, 0.1) is 6.92 Å². The fourth-order valence-corrected chi connectivity index (χ4v) is 3.73. The zero-order chi connectivity index (χ0) is 20.1. The lowest BCUT2D eigenvalue weighted by Crippen LogP contribution is -2.27. The van der Waals surface area contributed by atoms with Gasteiger partial charge < -0.3 is 10.1 Å². The number of nitrogens with zero attached hydrogens (tertiary/aromatic N) is 1. The van der Waals surface area contributed by atoms with Crippen molar-refractivity contribution in [3.05, 3.63) is 65.7 Å². The second-order valence-electron chi connectivity index (χ2n) is 6.21. The second kappa shape index (κ2) is 8.47. The number of pyridine rings is 1. The summed E-state index contributed by atoms with van der Waals surface area (Å²) >= 11 is 0. The predicted molar refractivity (Wildman–Crippen MR) is 108 cm³/mol. The van der Waals surface area contributed by atoms with Crippen molar-refractivity contribution >= 4 is 32.7 Å². The van der Waals surface area contributed by atoms with E-state index in [0.717, 1.165) is 10.9 Å². The third kappa shape index (κ3) is 4.53. The summed E-state index contributed by atoms with van der Waals surface area (Å²) in [5.74, 6) is -0.0243. The van der Waals surface area contributed by atoms with Crippen LogP contribution in [-0.4, -0.2) is 39.6 Å². The van der Waals surface area contributed by atoms with Crippen LogP contribution in [0.15, 0.2) is 59.5 Å². The van der Waals surface area contributed by atoms with Crippen molar-refractivity contribution in [2.45, 2.75) is 11.8 Å². The van der Waals surface area contributed by atoms with Crippen LogP contribution >= 0.6 is 0 Å². The zero-order valence-corrected chi connectivity index (χ0v) is 16.4. The molecule has 0 saturated heterocycles. The number of aromatic nitrogens is 1. The normalized spacial score (nSPS) is 11.5. The van der Waals surface area contributed by atoms with Crippen LogP contribution in [0.3, 0.4) is 0 Å². The lowest BCUT2D eigenvalue weighted by molar-refractivity contribution is 0.102. The summed E-state index contributed by atoms with van der Waals surface area (Å²) in [5.41, 5.74) is 1.69. The van der Waals surface area contributed by atoms with Crippen molar-refractivity contribution in [3.8, 4) is 0 Å². The number of benzene rings is 2. The summed E-state index contributed by atoms with van der Waals surface area (Å²) in [4.78, 5) is 17.2. The molecule has 2 N–H and O–H groups in total. The Morgan fingerprint density at radius 3 is 2.68 bits per heavy atom. The molecule has 0 aliphatic heterocycles.